The van der Waals surface area contributed by atoms with Crippen LogP contribution in [0.2, 0.25) is 10.0 Å². The molecule has 0 unspecified atom stereocenters. The van der Waals surface area contributed by atoms with Crippen LogP contribution in [0.25, 0.3) is 0 Å². The molecule has 0 aliphatic carbocycles. The number of nitrogens with zero attached hydrogens (tertiary/aromatic N) is 2. The van der Waals surface area contributed by atoms with Crippen LogP contribution in [0.1, 0.15) is 0 Å². The maximum absolute atomic E-state index is 11.6. The van der Waals surface area contributed by atoms with Gasteiger partial charge in [0.1, 0.15) is 21.7 Å². The van der Waals surface area contributed by atoms with Gasteiger partial charge in [0.15, 0.2) is 0 Å². The molecular weight excluding hydrogens is 434 g/mol. The number of hydrogen-bond donors (Lipinski definition) is 4. The first-order chi connectivity index (χ1) is 11.4. The van der Waals surface area contributed by atoms with Crippen molar-refractivity contribution in [3.8, 4) is 0 Å². The van der Waals surface area contributed by atoms with Crippen molar-refractivity contribution in [1.29, 1.82) is 0 Å². The Morgan fingerprint density at radius 1 is 0.615 bits per heavy atom. The average molecular weight is 448 g/mol. The molecule has 0 amide bonds. The Kier molecular flexibility index (Phi) is 7.39. The lowest BCUT2D eigenvalue weighted by molar-refractivity contribution is 0.637. The molecule has 0 bridgehead atoms. The zero-order chi connectivity index (χ0) is 17.4. The Balaban J connectivity index is 0.00000169. The number of rotatable bonds is 2. The Labute approximate surface area is 167 Å². The zero-order valence-electron chi connectivity index (χ0n) is 12.9. The molecule has 0 aromatic carbocycles. The van der Waals surface area contributed by atoms with Gasteiger partial charge in [-0.05, 0) is 0 Å². The molecule has 0 radical (unpaired) electrons. The van der Waals surface area contributed by atoms with Crippen molar-refractivity contribution in [3.63, 3.8) is 0 Å². The first-order valence-corrected chi connectivity index (χ1v) is 7.66. The van der Waals surface area contributed by atoms with Crippen molar-refractivity contribution in [3.05, 3.63) is 51.7 Å². The molecule has 2 aromatic heterocycles. The summed E-state index contributed by atoms with van der Waals surface area (Å²) in [6.07, 6.45) is 0. The normalized spacial score (nSPS) is 13.8. The first-order valence-electron chi connectivity index (χ1n) is 6.91. The van der Waals surface area contributed by atoms with Crippen LogP contribution >= 0.6 is 48.0 Å². The minimum absolute atomic E-state index is 0. The predicted octanol–water partition coefficient (Wildman–Crippen LogP) is -0.0832. The fourth-order valence-electron chi connectivity index (χ4n) is 2.51. The van der Waals surface area contributed by atoms with Crippen LogP contribution in [-0.2, 0) is 0 Å². The van der Waals surface area contributed by atoms with Crippen molar-refractivity contribution in [1.82, 2.24) is 19.9 Å². The van der Waals surface area contributed by atoms with E-state index in [0.717, 1.165) is 0 Å². The Bertz CT molecular complexity index is 923. The van der Waals surface area contributed by atoms with Gasteiger partial charge >= 0.3 is 11.4 Å². The highest BCUT2D eigenvalue weighted by molar-refractivity contribution is 6.33. The third kappa shape index (κ3) is 4.26. The van der Waals surface area contributed by atoms with Crippen LogP contribution in [0.4, 0.5) is 11.6 Å². The van der Waals surface area contributed by atoms with Gasteiger partial charge in [0.25, 0.3) is 11.1 Å². The number of piperazine rings is 1. The van der Waals surface area contributed by atoms with Crippen molar-refractivity contribution in [2.75, 3.05) is 36.0 Å². The fraction of sp³-hybridized carbons (Fsp3) is 0.333. The molecule has 0 atom stereocenters. The summed E-state index contributed by atoms with van der Waals surface area (Å²) in [7, 11) is 0. The lowest BCUT2D eigenvalue weighted by atomic mass is 10.3. The van der Waals surface area contributed by atoms with E-state index in [9.17, 15) is 19.2 Å². The van der Waals surface area contributed by atoms with E-state index in [1.807, 2.05) is 9.97 Å². The van der Waals surface area contributed by atoms with Crippen LogP contribution in [-0.4, -0.2) is 46.1 Å². The summed E-state index contributed by atoms with van der Waals surface area (Å²) >= 11 is 11.9. The Hall–Kier alpha value is -1.88. The molecule has 1 aliphatic rings. The van der Waals surface area contributed by atoms with Crippen LogP contribution in [0.5, 0.6) is 0 Å². The summed E-state index contributed by atoms with van der Waals surface area (Å²) in [6.45, 7) is 1.57. The van der Waals surface area contributed by atoms with E-state index < -0.39 is 22.5 Å². The smallest absolute Gasteiger partial charge is 0.327 e. The molecule has 0 saturated carbocycles. The first kappa shape index (κ1) is 22.2. The lowest BCUT2D eigenvalue weighted by Gasteiger charge is -2.36. The van der Waals surface area contributed by atoms with E-state index in [4.69, 9.17) is 23.2 Å². The number of H-pyrrole nitrogens is 4. The van der Waals surface area contributed by atoms with Gasteiger partial charge in [0.05, 0.1) is 0 Å². The summed E-state index contributed by atoms with van der Waals surface area (Å²) in [4.78, 5) is 58.5. The van der Waals surface area contributed by atoms with Gasteiger partial charge in [-0.1, -0.05) is 23.2 Å². The molecule has 0 spiro atoms. The standard InChI is InChI=1S/C12H12Cl2N6O4.2ClH/c13-5-7(15-11(23)17-9(5)21)19-1-2-20(4-3-19)8-6(14)10(22)18-12(24)16-8;;/h1-4H2,(H2,15,17,21,23)(H2,16,18,22,24);2*1H. The fourth-order valence-corrected chi connectivity index (χ4v) is 2.94. The maximum Gasteiger partial charge on any atom is 0.327 e. The molecule has 3 heterocycles. The summed E-state index contributed by atoms with van der Waals surface area (Å²) in [5, 5.41) is -0.212. The van der Waals surface area contributed by atoms with Crippen LogP contribution < -0.4 is 32.3 Å². The number of anilines is 2. The summed E-state index contributed by atoms with van der Waals surface area (Å²) < 4.78 is 0. The quantitative estimate of drug-likeness (QED) is 0.507. The van der Waals surface area contributed by atoms with Gasteiger partial charge in [0.2, 0.25) is 0 Å². The highest BCUT2D eigenvalue weighted by Crippen LogP contribution is 2.23. The van der Waals surface area contributed by atoms with Gasteiger partial charge in [-0.2, -0.15) is 0 Å². The molecule has 14 heteroatoms. The number of halogens is 4. The second-order valence-corrected chi connectivity index (χ2v) is 5.87. The molecule has 144 valence electrons. The van der Waals surface area contributed by atoms with Gasteiger partial charge in [0, 0.05) is 26.2 Å². The lowest BCUT2D eigenvalue weighted by Crippen LogP contribution is -2.49. The van der Waals surface area contributed by atoms with E-state index in [0.29, 0.717) is 26.2 Å². The SMILES string of the molecule is Cl.Cl.O=c1[nH]c(N2CCN(c3[nH]c(=O)[nH]c(=O)c3Cl)CC2)c(Cl)c(=O)[nH]1. The predicted molar refractivity (Wildman–Crippen MR) is 104 cm³/mol. The minimum atomic E-state index is -0.667. The monoisotopic (exact) mass is 446 g/mol. The molecule has 3 rings (SSSR count). The van der Waals surface area contributed by atoms with Crippen molar-refractivity contribution in [2.45, 2.75) is 0 Å². The highest BCUT2D eigenvalue weighted by Gasteiger charge is 2.23. The Morgan fingerprint density at radius 3 is 1.23 bits per heavy atom. The molecule has 10 nitrogen and oxygen atoms in total. The van der Waals surface area contributed by atoms with E-state index in [1.54, 1.807) is 9.80 Å². The van der Waals surface area contributed by atoms with Crippen LogP contribution in [0.3, 0.4) is 0 Å². The molecule has 1 aliphatic heterocycles. The molecule has 26 heavy (non-hydrogen) atoms. The summed E-state index contributed by atoms with van der Waals surface area (Å²) in [6, 6.07) is 0. The minimum Gasteiger partial charge on any atom is -0.353 e. The van der Waals surface area contributed by atoms with E-state index in [1.165, 1.54) is 0 Å². The number of hydrogen-bond acceptors (Lipinski definition) is 6. The average Bonchev–Trinajstić information content (AvgIpc) is 2.54. The van der Waals surface area contributed by atoms with Gasteiger partial charge in [-0.15, -0.1) is 24.8 Å². The molecule has 1 fully saturated rings. The van der Waals surface area contributed by atoms with E-state index in [-0.39, 0.29) is 46.5 Å². The van der Waals surface area contributed by atoms with Crippen molar-refractivity contribution in [2.24, 2.45) is 0 Å². The van der Waals surface area contributed by atoms with Crippen molar-refractivity contribution < 1.29 is 0 Å². The van der Waals surface area contributed by atoms with E-state index in [2.05, 4.69) is 9.97 Å². The maximum atomic E-state index is 11.6. The summed E-state index contributed by atoms with van der Waals surface area (Å²) in [5.74, 6) is 0.464. The van der Waals surface area contributed by atoms with Gasteiger partial charge in [-0.3, -0.25) is 29.5 Å². The second-order valence-electron chi connectivity index (χ2n) is 5.12. The third-order valence-electron chi connectivity index (χ3n) is 3.64. The molecule has 2 aromatic rings. The number of aromatic nitrogens is 4. The summed E-state index contributed by atoms with van der Waals surface area (Å²) in [5.41, 5.74) is -2.63. The molecule has 4 N–H and O–H groups in total. The highest BCUT2D eigenvalue weighted by atomic mass is 35.5. The van der Waals surface area contributed by atoms with Crippen LogP contribution in [0, 0.1) is 0 Å². The molecule has 1 saturated heterocycles. The Morgan fingerprint density at radius 2 is 0.923 bits per heavy atom. The second kappa shape index (κ2) is 8.67. The third-order valence-corrected chi connectivity index (χ3v) is 4.35. The molecular formula is C12H14Cl4N6O4. The number of aromatic amines is 4. The van der Waals surface area contributed by atoms with E-state index >= 15 is 0 Å². The zero-order valence-corrected chi connectivity index (χ0v) is 16.1. The van der Waals surface area contributed by atoms with Crippen LogP contribution in [0.15, 0.2) is 19.2 Å². The topological polar surface area (TPSA) is 138 Å². The van der Waals surface area contributed by atoms with Gasteiger partial charge in [-0.25, -0.2) is 9.59 Å². The van der Waals surface area contributed by atoms with Crippen molar-refractivity contribution >= 4 is 59.7 Å². The van der Waals surface area contributed by atoms with Gasteiger partial charge < -0.3 is 9.80 Å². The largest absolute Gasteiger partial charge is 0.353 e. The number of nitrogens with one attached hydrogen (secondary N) is 4.